The average molecular weight is 466 g/mol. The number of hydrogen-bond donors (Lipinski definition) is 1. The Hall–Kier alpha value is -2.35. The van der Waals surface area contributed by atoms with E-state index in [2.05, 4.69) is 0 Å². The van der Waals surface area contributed by atoms with Crippen molar-refractivity contribution in [2.24, 2.45) is 5.73 Å². The number of nitrogens with two attached hydrogens (primary N) is 1. The summed E-state index contributed by atoms with van der Waals surface area (Å²) in [7, 11) is 1.58. The van der Waals surface area contributed by atoms with Crippen LogP contribution in [0.4, 0.5) is 4.39 Å². The van der Waals surface area contributed by atoms with Crippen LogP contribution in [0.3, 0.4) is 0 Å². The van der Waals surface area contributed by atoms with E-state index in [9.17, 15) is 9.18 Å². The van der Waals surface area contributed by atoms with Gasteiger partial charge >= 0.3 is 0 Å². The van der Waals surface area contributed by atoms with Crippen LogP contribution >= 0.6 is 11.6 Å². The minimum atomic E-state index is -1.44. The van der Waals surface area contributed by atoms with Crippen molar-refractivity contribution in [1.82, 2.24) is 0 Å². The number of hydrogen-bond acceptors (Lipinski definition) is 5. The third-order valence-electron chi connectivity index (χ3n) is 5.93. The first-order valence-corrected chi connectivity index (χ1v) is 11.0. The van der Waals surface area contributed by atoms with Crippen molar-refractivity contribution in [3.8, 4) is 11.5 Å². The van der Waals surface area contributed by atoms with Crippen LogP contribution in [0.15, 0.2) is 36.4 Å². The highest BCUT2D eigenvalue weighted by molar-refractivity contribution is 6.31. The number of benzene rings is 2. The van der Waals surface area contributed by atoms with Gasteiger partial charge in [-0.1, -0.05) is 18.5 Å². The van der Waals surface area contributed by atoms with Crippen LogP contribution in [0.2, 0.25) is 5.02 Å². The van der Waals surface area contributed by atoms with Crippen LogP contribution in [0.1, 0.15) is 50.2 Å². The highest BCUT2D eigenvalue weighted by Gasteiger charge is 2.43. The largest absolute Gasteiger partial charge is 0.497 e. The van der Waals surface area contributed by atoms with Crippen molar-refractivity contribution in [2.45, 2.75) is 57.5 Å². The second kappa shape index (κ2) is 10.5. The number of carbonyl (C=O) groups is 1. The van der Waals surface area contributed by atoms with Crippen LogP contribution in [0.5, 0.6) is 11.5 Å². The number of primary amides is 1. The lowest BCUT2D eigenvalue weighted by molar-refractivity contribution is -0.223. The summed E-state index contributed by atoms with van der Waals surface area (Å²) < 4.78 is 37.1. The number of ether oxygens (including phenoxy) is 4. The topological polar surface area (TPSA) is 80.0 Å². The van der Waals surface area contributed by atoms with E-state index in [-0.39, 0.29) is 11.6 Å². The number of rotatable bonds is 9. The molecule has 3 atom stereocenters. The molecule has 2 aromatic rings. The summed E-state index contributed by atoms with van der Waals surface area (Å²) in [5.74, 6) is -0.513. The molecule has 0 bridgehead atoms. The third-order valence-corrected chi connectivity index (χ3v) is 6.27. The highest BCUT2D eigenvalue weighted by Crippen LogP contribution is 2.38. The van der Waals surface area contributed by atoms with E-state index >= 15 is 0 Å². The molecule has 1 heterocycles. The molecule has 1 amide bonds. The van der Waals surface area contributed by atoms with E-state index in [1.807, 2.05) is 0 Å². The Morgan fingerprint density at radius 3 is 2.56 bits per heavy atom. The zero-order valence-corrected chi connectivity index (χ0v) is 19.3. The van der Waals surface area contributed by atoms with Gasteiger partial charge in [0.15, 0.2) is 11.9 Å². The van der Waals surface area contributed by atoms with Gasteiger partial charge < -0.3 is 24.7 Å². The van der Waals surface area contributed by atoms with E-state index in [1.165, 1.54) is 12.1 Å². The van der Waals surface area contributed by atoms with Crippen molar-refractivity contribution in [2.75, 3.05) is 13.7 Å². The summed E-state index contributed by atoms with van der Waals surface area (Å²) >= 11 is 6.39. The number of carbonyl (C=O) groups excluding carboxylic acids is 1. The summed E-state index contributed by atoms with van der Waals surface area (Å²) in [4.78, 5) is 12.5. The lowest BCUT2D eigenvalue weighted by atomic mass is 9.81. The van der Waals surface area contributed by atoms with E-state index in [0.717, 1.165) is 12.8 Å². The molecule has 2 unspecified atom stereocenters. The Morgan fingerprint density at radius 2 is 1.97 bits per heavy atom. The van der Waals surface area contributed by atoms with Crippen LogP contribution < -0.4 is 15.2 Å². The fraction of sp³-hybridized carbons (Fsp3) is 0.458. The molecule has 3 rings (SSSR count). The number of amides is 1. The Labute approximate surface area is 192 Å². The Balaban J connectivity index is 1.89. The molecule has 6 nitrogen and oxygen atoms in total. The Bertz CT molecular complexity index is 933. The first-order chi connectivity index (χ1) is 15.2. The smallest absolute Gasteiger partial charge is 0.250 e. The van der Waals surface area contributed by atoms with Crippen molar-refractivity contribution >= 4 is 17.5 Å². The zero-order valence-electron chi connectivity index (χ0n) is 18.5. The van der Waals surface area contributed by atoms with E-state index < -0.39 is 29.5 Å². The SMILES string of the molecule is COc1ccc(OCc2c(Cl)cc(F)cc2[C@H](C)C(C)(OC2CCCCO2)C(N)=O)cc1. The third kappa shape index (κ3) is 5.52. The van der Waals surface area contributed by atoms with Crippen LogP contribution in [0, 0.1) is 5.82 Å². The summed E-state index contributed by atoms with van der Waals surface area (Å²) in [5.41, 5.74) is 5.36. The lowest BCUT2D eigenvalue weighted by Gasteiger charge is -2.38. The minimum absolute atomic E-state index is 0.0693. The molecule has 32 heavy (non-hydrogen) atoms. The lowest BCUT2D eigenvalue weighted by Crippen LogP contribution is -2.50. The van der Waals surface area contributed by atoms with Crippen LogP contribution in [-0.4, -0.2) is 31.5 Å². The molecule has 2 aromatic carbocycles. The van der Waals surface area contributed by atoms with Crippen molar-refractivity contribution in [1.29, 1.82) is 0 Å². The molecule has 0 aliphatic carbocycles. The summed E-state index contributed by atoms with van der Waals surface area (Å²) in [6.45, 7) is 3.99. The molecule has 1 aliphatic rings. The standard InChI is InChI=1S/C24H29ClFNO5/c1-15(24(2,23(27)28)32-22-6-4-5-11-30-22)19-12-16(26)13-21(25)20(19)14-31-18-9-7-17(29-3)8-10-18/h7-10,12-13,15,22H,4-6,11,14H2,1-3H3,(H2,27,28)/t15-,22?,24?/m0/s1. The molecule has 1 saturated heterocycles. The molecule has 2 N–H and O–H groups in total. The molecule has 0 aromatic heterocycles. The minimum Gasteiger partial charge on any atom is -0.497 e. The van der Waals surface area contributed by atoms with Gasteiger partial charge in [-0.25, -0.2) is 4.39 Å². The summed E-state index contributed by atoms with van der Waals surface area (Å²) in [6, 6.07) is 9.63. The normalized spacial score (nSPS) is 19.1. The van der Waals surface area contributed by atoms with Crippen molar-refractivity contribution in [3.63, 3.8) is 0 Å². The van der Waals surface area contributed by atoms with Crippen molar-refractivity contribution in [3.05, 3.63) is 58.4 Å². The maximum Gasteiger partial charge on any atom is 0.250 e. The predicted octanol–water partition coefficient (Wildman–Crippen LogP) is 4.96. The molecular formula is C24H29ClFNO5. The second-order valence-corrected chi connectivity index (χ2v) is 8.43. The maximum atomic E-state index is 14.3. The fourth-order valence-electron chi connectivity index (χ4n) is 3.74. The maximum absolute atomic E-state index is 14.3. The number of methoxy groups -OCH3 is 1. The molecule has 1 aliphatic heterocycles. The Kier molecular flexibility index (Phi) is 7.98. The molecular weight excluding hydrogens is 437 g/mol. The van der Waals surface area contributed by atoms with Crippen molar-refractivity contribution < 1.29 is 28.1 Å². The van der Waals surface area contributed by atoms with E-state index in [1.54, 1.807) is 45.2 Å². The highest BCUT2D eigenvalue weighted by atomic mass is 35.5. The fourth-order valence-corrected chi connectivity index (χ4v) is 4.00. The second-order valence-electron chi connectivity index (χ2n) is 8.03. The molecule has 0 spiro atoms. The molecule has 174 valence electrons. The van der Waals surface area contributed by atoms with Gasteiger partial charge in [-0.05, 0) is 68.1 Å². The first kappa shape index (κ1) is 24.3. The van der Waals surface area contributed by atoms with Gasteiger partial charge in [0, 0.05) is 18.1 Å². The summed E-state index contributed by atoms with van der Waals surface area (Å²) in [6.07, 6.45) is 1.98. The van der Waals surface area contributed by atoms with E-state index in [0.29, 0.717) is 35.7 Å². The van der Waals surface area contributed by atoms with Gasteiger partial charge in [-0.2, -0.15) is 0 Å². The number of halogens is 2. The molecule has 0 saturated carbocycles. The van der Waals surface area contributed by atoms with Gasteiger partial charge in [0.25, 0.3) is 0 Å². The molecule has 1 fully saturated rings. The molecule has 8 heteroatoms. The zero-order chi connectivity index (χ0) is 23.3. The van der Waals surface area contributed by atoms with Gasteiger partial charge in [0.1, 0.15) is 23.9 Å². The predicted molar refractivity (Wildman–Crippen MR) is 119 cm³/mol. The molecule has 0 radical (unpaired) electrons. The summed E-state index contributed by atoms with van der Waals surface area (Å²) in [5, 5.41) is 0.195. The van der Waals surface area contributed by atoms with Crippen LogP contribution in [0.25, 0.3) is 0 Å². The van der Waals surface area contributed by atoms with Gasteiger partial charge in [0.05, 0.1) is 12.1 Å². The van der Waals surface area contributed by atoms with E-state index in [4.69, 9.17) is 36.3 Å². The average Bonchev–Trinajstić information content (AvgIpc) is 2.78. The van der Waals surface area contributed by atoms with Gasteiger partial charge in [-0.15, -0.1) is 0 Å². The monoisotopic (exact) mass is 465 g/mol. The Morgan fingerprint density at radius 1 is 1.28 bits per heavy atom. The van der Waals surface area contributed by atoms with Gasteiger partial charge in [-0.3, -0.25) is 4.79 Å². The first-order valence-electron chi connectivity index (χ1n) is 10.6. The van der Waals surface area contributed by atoms with Crippen LogP contribution in [-0.2, 0) is 20.9 Å². The van der Waals surface area contributed by atoms with Gasteiger partial charge in [0.2, 0.25) is 5.91 Å². The quantitative estimate of drug-likeness (QED) is 0.566.